The first kappa shape index (κ1) is 16.8. The molecular weight excluding hydrogens is 262 g/mol. The van der Waals surface area contributed by atoms with Gasteiger partial charge in [-0.15, -0.1) is 0 Å². The van der Waals surface area contributed by atoms with Crippen molar-refractivity contribution in [1.29, 1.82) is 0 Å². The average molecular weight is 295 g/mol. The van der Waals surface area contributed by atoms with Gasteiger partial charge in [-0.1, -0.05) is 12.8 Å². The van der Waals surface area contributed by atoms with Gasteiger partial charge in [-0.05, 0) is 64.4 Å². The monoisotopic (exact) mass is 295 g/mol. The number of nitrogens with one attached hydrogen (secondary N) is 1. The normalized spacial score (nSPS) is 22.7. The molecule has 0 radical (unpaired) electrons. The number of β-amino-alcohol motifs (C(OH)–C–C–N with tert-alkyl or cyclic N) is 1. The van der Waals surface area contributed by atoms with Crippen molar-refractivity contribution in [2.45, 2.75) is 83.8 Å². The zero-order chi connectivity index (χ0) is 15.3. The SMILES string of the molecule is CC(C)(C)NCC(O)COC1=C(C2CCCC2)CCCC1. The Morgan fingerprint density at radius 1 is 1.14 bits per heavy atom. The van der Waals surface area contributed by atoms with Crippen molar-refractivity contribution < 1.29 is 9.84 Å². The van der Waals surface area contributed by atoms with Gasteiger partial charge in [0.25, 0.3) is 0 Å². The minimum atomic E-state index is -0.427. The molecule has 21 heavy (non-hydrogen) atoms. The van der Waals surface area contributed by atoms with Crippen LogP contribution in [0.4, 0.5) is 0 Å². The molecule has 2 rings (SSSR count). The maximum Gasteiger partial charge on any atom is 0.115 e. The fraction of sp³-hybridized carbons (Fsp3) is 0.889. The number of aliphatic hydroxyl groups excluding tert-OH is 1. The molecule has 0 amide bonds. The van der Waals surface area contributed by atoms with Crippen molar-refractivity contribution in [3.05, 3.63) is 11.3 Å². The summed E-state index contributed by atoms with van der Waals surface area (Å²) in [7, 11) is 0. The Labute approximate surface area is 130 Å². The molecule has 1 saturated carbocycles. The van der Waals surface area contributed by atoms with E-state index in [4.69, 9.17) is 4.74 Å². The predicted molar refractivity (Wildman–Crippen MR) is 87.2 cm³/mol. The summed E-state index contributed by atoms with van der Waals surface area (Å²) in [6.07, 6.45) is 9.85. The molecule has 1 atom stereocenters. The van der Waals surface area contributed by atoms with Crippen LogP contribution >= 0.6 is 0 Å². The van der Waals surface area contributed by atoms with Gasteiger partial charge >= 0.3 is 0 Å². The predicted octanol–water partition coefficient (Wildman–Crippen LogP) is 3.77. The van der Waals surface area contributed by atoms with E-state index in [0.29, 0.717) is 13.2 Å². The lowest BCUT2D eigenvalue weighted by Crippen LogP contribution is -2.42. The van der Waals surface area contributed by atoms with Crippen LogP contribution < -0.4 is 5.32 Å². The average Bonchev–Trinajstić information content (AvgIpc) is 2.96. The smallest absolute Gasteiger partial charge is 0.115 e. The summed E-state index contributed by atoms with van der Waals surface area (Å²) in [5.41, 5.74) is 1.62. The van der Waals surface area contributed by atoms with Gasteiger partial charge in [0, 0.05) is 18.5 Å². The van der Waals surface area contributed by atoms with Crippen LogP contribution in [0, 0.1) is 5.92 Å². The van der Waals surface area contributed by atoms with E-state index >= 15 is 0 Å². The standard InChI is InChI=1S/C18H33NO2/c1-18(2,3)19-12-15(20)13-21-17-11-7-6-10-16(17)14-8-4-5-9-14/h14-15,19-20H,4-13H2,1-3H3. The molecule has 0 aromatic carbocycles. The van der Waals surface area contributed by atoms with Crippen LogP contribution in [0.15, 0.2) is 11.3 Å². The third-order valence-corrected chi connectivity index (χ3v) is 4.62. The van der Waals surface area contributed by atoms with Crippen LogP contribution in [-0.4, -0.2) is 29.9 Å². The zero-order valence-electron chi connectivity index (χ0n) is 14.1. The molecule has 2 aliphatic rings. The van der Waals surface area contributed by atoms with Gasteiger partial charge in [0.15, 0.2) is 0 Å². The molecule has 0 saturated heterocycles. The Bertz CT molecular complexity index is 351. The summed E-state index contributed by atoms with van der Waals surface area (Å²) >= 11 is 0. The van der Waals surface area contributed by atoms with Crippen LogP contribution in [0.3, 0.4) is 0 Å². The summed E-state index contributed by atoms with van der Waals surface area (Å²) in [5, 5.41) is 13.4. The van der Waals surface area contributed by atoms with Crippen molar-refractivity contribution in [3.63, 3.8) is 0 Å². The van der Waals surface area contributed by atoms with Crippen LogP contribution in [0.2, 0.25) is 0 Å². The first-order valence-corrected chi connectivity index (χ1v) is 8.73. The van der Waals surface area contributed by atoms with Gasteiger partial charge in [0.05, 0.1) is 5.76 Å². The van der Waals surface area contributed by atoms with E-state index in [9.17, 15) is 5.11 Å². The van der Waals surface area contributed by atoms with E-state index in [-0.39, 0.29) is 5.54 Å². The Morgan fingerprint density at radius 2 is 1.81 bits per heavy atom. The highest BCUT2D eigenvalue weighted by molar-refractivity contribution is 5.16. The van der Waals surface area contributed by atoms with Gasteiger partial charge in [-0.2, -0.15) is 0 Å². The molecule has 3 nitrogen and oxygen atoms in total. The second-order valence-electron chi connectivity index (χ2n) is 7.73. The third kappa shape index (κ3) is 5.63. The van der Waals surface area contributed by atoms with Gasteiger partial charge in [0.2, 0.25) is 0 Å². The maximum absolute atomic E-state index is 10.1. The lowest BCUT2D eigenvalue weighted by molar-refractivity contribution is 0.0599. The molecule has 0 aromatic rings. The molecule has 0 spiro atoms. The molecule has 1 unspecified atom stereocenters. The first-order valence-electron chi connectivity index (χ1n) is 8.73. The molecule has 2 aliphatic carbocycles. The largest absolute Gasteiger partial charge is 0.495 e. The topological polar surface area (TPSA) is 41.5 Å². The number of ether oxygens (including phenoxy) is 1. The third-order valence-electron chi connectivity index (χ3n) is 4.62. The maximum atomic E-state index is 10.1. The molecule has 1 fully saturated rings. The van der Waals surface area contributed by atoms with E-state index in [2.05, 4.69) is 26.1 Å². The summed E-state index contributed by atoms with van der Waals surface area (Å²) in [5.74, 6) is 1.98. The minimum absolute atomic E-state index is 0.0418. The minimum Gasteiger partial charge on any atom is -0.495 e. The molecule has 3 heteroatoms. The van der Waals surface area contributed by atoms with Crippen LogP contribution in [0.5, 0.6) is 0 Å². The van der Waals surface area contributed by atoms with E-state index in [1.54, 1.807) is 5.57 Å². The molecule has 0 aromatic heterocycles. The molecule has 0 bridgehead atoms. The highest BCUT2D eigenvalue weighted by Gasteiger charge is 2.25. The second-order valence-corrected chi connectivity index (χ2v) is 7.73. The van der Waals surface area contributed by atoms with E-state index in [1.165, 1.54) is 50.7 Å². The Hall–Kier alpha value is -0.540. The summed E-state index contributed by atoms with van der Waals surface area (Å²) in [6.45, 7) is 7.36. The van der Waals surface area contributed by atoms with Crippen molar-refractivity contribution >= 4 is 0 Å². The summed E-state index contributed by atoms with van der Waals surface area (Å²) in [4.78, 5) is 0. The van der Waals surface area contributed by atoms with Crippen molar-refractivity contribution in [1.82, 2.24) is 5.32 Å². The van der Waals surface area contributed by atoms with Crippen LogP contribution in [0.1, 0.15) is 72.1 Å². The highest BCUT2D eigenvalue weighted by Crippen LogP contribution is 2.39. The first-order chi connectivity index (χ1) is 9.96. The molecule has 0 heterocycles. The van der Waals surface area contributed by atoms with Crippen molar-refractivity contribution in [2.75, 3.05) is 13.2 Å². The Morgan fingerprint density at radius 3 is 2.48 bits per heavy atom. The quantitative estimate of drug-likeness (QED) is 0.784. The molecule has 0 aliphatic heterocycles. The Balaban J connectivity index is 1.84. The second kappa shape index (κ2) is 7.64. The number of rotatable bonds is 6. The van der Waals surface area contributed by atoms with Gasteiger partial charge in [-0.25, -0.2) is 0 Å². The number of allylic oxidation sites excluding steroid dienone is 2. The zero-order valence-corrected chi connectivity index (χ0v) is 14.1. The Kier molecular flexibility index (Phi) is 6.12. The van der Waals surface area contributed by atoms with E-state index in [1.807, 2.05) is 0 Å². The van der Waals surface area contributed by atoms with E-state index in [0.717, 1.165) is 12.3 Å². The number of aliphatic hydroxyl groups is 1. The van der Waals surface area contributed by atoms with Gasteiger partial charge in [-0.3, -0.25) is 0 Å². The fourth-order valence-corrected chi connectivity index (χ4v) is 3.45. The van der Waals surface area contributed by atoms with Crippen molar-refractivity contribution in [2.24, 2.45) is 5.92 Å². The van der Waals surface area contributed by atoms with Crippen LogP contribution in [-0.2, 0) is 4.74 Å². The van der Waals surface area contributed by atoms with Crippen LogP contribution in [0.25, 0.3) is 0 Å². The number of hydrogen-bond acceptors (Lipinski definition) is 3. The lowest BCUT2D eigenvalue weighted by Gasteiger charge is -2.27. The molecular formula is C18H33NO2. The summed E-state index contributed by atoms with van der Waals surface area (Å²) in [6, 6.07) is 0. The summed E-state index contributed by atoms with van der Waals surface area (Å²) < 4.78 is 6.02. The van der Waals surface area contributed by atoms with Gasteiger partial charge < -0.3 is 15.2 Å². The van der Waals surface area contributed by atoms with E-state index < -0.39 is 6.10 Å². The van der Waals surface area contributed by atoms with Crippen molar-refractivity contribution in [3.8, 4) is 0 Å². The lowest BCUT2D eigenvalue weighted by atomic mass is 9.87. The fourth-order valence-electron chi connectivity index (χ4n) is 3.45. The highest BCUT2D eigenvalue weighted by atomic mass is 16.5. The molecule has 2 N–H and O–H groups in total. The van der Waals surface area contributed by atoms with Gasteiger partial charge in [0.1, 0.15) is 12.7 Å². The number of hydrogen-bond donors (Lipinski definition) is 2. The molecule has 122 valence electrons.